The first-order chi connectivity index (χ1) is 9.61. The lowest BCUT2D eigenvalue weighted by Crippen LogP contribution is -2.40. The average molecular weight is 276 g/mol. The van der Waals surface area contributed by atoms with Gasteiger partial charge < -0.3 is 5.11 Å². The Morgan fingerprint density at radius 1 is 1.45 bits per heavy atom. The quantitative estimate of drug-likeness (QED) is 0.865. The summed E-state index contributed by atoms with van der Waals surface area (Å²) in [5.41, 5.74) is 1.33. The number of carboxylic acids is 1. The van der Waals surface area contributed by atoms with Crippen molar-refractivity contribution < 1.29 is 9.90 Å². The lowest BCUT2D eigenvalue weighted by Gasteiger charge is -2.28. The third kappa shape index (κ3) is 3.58. The molecule has 0 aliphatic carbocycles. The molecule has 0 saturated carbocycles. The van der Waals surface area contributed by atoms with Crippen molar-refractivity contribution in [3.63, 3.8) is 0 Å². The summed E-state index contributed by atoms with van der Waals surface area (Å²) in [4.78, 5) is 15.4. The highest BCUT2D eigenvalue weighted by atomic mass is 16.4. The van der Waals surface area contributed by atoms with E-state index >= 15 is 0 Å². The highest BCUT2D eigenvalue weighted by molar-refractivity contribution is 5.69. The van der Waals surface area contributed by atoms with Crippen molar-refractivity contribution in [2.45, 2.75) is 32.4 Å². The van der Waals surface area contributed by atoms with Crippen molar-refractivity contribution in [2.24, 2.45) is 0 Å². The van der Waals surface area contributed by atoms with Gasteiger partial charge in [-0.1, -0.05) is 37.3 Å². The van der Waals surface area contributed by atoms with Gasteiger partial charge in [-0.15, -0.1) is 0 Å². The topological polar surface area (TPSA) is 43.8 Å². The van der Waals surface area contributed by atoms with E-state index in [1.54, 1.807) is 0 Å². The third-order valence-corrected chi connectivity index (χ3v) is 4.29. The first-order valence-corrected chi connectivity index (χ1v) is 7.36. The van der Waals surface area contributed by atoms with Gasteiger partial charge in [-0.05, 0) is 25.5 Å². The molecule has 1 N–H and O–H groups in total. The standard InChI is InChI=1S/C16H24N2O2/c1-3-17(12-16(19)20)15-9-10-18(11-15)13(2)14-7-5-4-6-8-14/h4-8,13,15H,3,9-12H2,1-2H3,(H,19,20)/t13-,15+/m1/s1. The molecule has 110 valence electrons. The van der Waals surface area contributed by atoms with Gasteiger partial charge in [-0.2, -0.15) is 0 Å². The van der Waals surface area contributed by atoms with Crippen molar-refractivity contribution in [3.8, 4) is 0 Å². The predicted molar refractivity (Wildman–Crippen MR) is 79.7 cm³/mol. The Labute approximate surface area is 121 Å². The Bertz CT molecular complexity index is 435. The molecule has 0 spiro atoms. The van der Waals surface area contributed by atoms with Crippen LogP contribution in [0, 0.1) is 0 Å². The lowest BCUT2D eigenvalue weighted by molar-refractivity contribution is -0.138. The smallest absolute Gasteiger partial charge is 0.317 e. The van der Waals surface area contributed by atoms with Crippen LogP contribution in [-0.4, -0.2) is 53.1 Å². The SMILES string of the molecule is CCN(CC(=O)O)[C@H]1CCN([C@H](C)c2ccccc2)C1. The number of carboxylic acid groups (broad SMARTS) is 1. The molecule has 0 radical (unpaired) electrons. The molecule has 4 nitrogen and oxygen atoms in total. The summed E-state index contributed by atoms with van der Waals surface area (Å²) >= 11 is 0. The highest BCUT2D eigenvalue weighted by Gasteiger charge is 2.30. The zero-order valence-electron chi connectivity index (χ0n) is 12.3. The van der Waals surface area contributed by atoms with Crippen LogP contribution in [-0.2, 0) is 4.79 Å². The van der Waals surface area contributed by atoms with Crippen molar-refractivity contribution in [1.29, 1.82) is 0 Å². The van der Waals surface area contributed by atoms with Gasteiger partial charge in [-0.3, -0.25) is 14.6 Å². The molecule has 20 heavy (non-hydrogen) atoms. The molecule has 2 atom stereocenters. The number of hydrogen-bond acceptors (Lipinski definition) is 3. The summed E-state index contributed by atoms with van der Waals surface area (Å²) in [6, 6.07) is 11.3. The van der Waals surface area contributed by atoms with Crippen LogP contribution < -0.4 is 0 Å². The summed E-state index contributed by atoms with van der Waals surface area (Å²) in [5, 5.41) is 8.97. The van der Waals surface area contributed by atoms with Crippen molar-refractivity contribution in [1.82, 2.24) is 9.80 Å². The Balaban J connectivity index is 1.96. The maximum absolute atomic E-state index is 10.9. The second kappa shape index (κ2) is 6.86. The molecule has 0 unspecified atom stereocenters. The van der Waals surface area contributed by atoms with Crippen LogP contribution in [0.3, 0.4) is 0 Å². The minimum Gasteiger partial charge on any atom is -0.480 e. The Morgan fingerprint density at radius 2 is 2.15 bits per heavy atom. The minimum atomic E-state index is -0.735. The summed E-state index contributed by atoms with van der Waals surface area (Å²) in [6.07, 6.45) is 1.05. The fraction of sp³-hybridized carbons (Fsp3) is 0.562. The van der Waals surface area contributed by atoms with Crippen LogP contribution in [0.1, 0.15) is 31.9 Å². The van der Waals surface area contributed by atoms with E-state index in [9.17, 15) is 4.79 Å². The van der Waals surface area contributed by atoms with E-state index < -0.39 is 5.97 Å². The first kappa shape index (κ1) is 15.0. The van der Waals surface area contributed by atoms with Crippen LogP contribution >= 0.6 is 0 Å². The van der Waals surface area contributed by atoms with Gasteiger partial charge in [0, 0.05) is 25.2 Å². The molecule has 0 amide bonds. The Morgan fingerprint density at radius 3 is 2.75 bits per heavy atom. The molecule has 2 rings (SSSR count). The molecule has 0 bridgehead atoms. The summed E-state index contributed by atoms with van der Waals surface area (Å²) in [5.74, 6) is -0.735. The molecule has 1 aliphatic heterocycles. The molecular formula is C16H24N2O2. The number of benzene rings is 1. The molecule has 1 heterocycles. The van der Waals surface area contributed by atoms with Crippen molar-refractivity contribution in [2.75, 3.05) is 26.2 Å². The molecule has 1 aliphatic rings. The van der Waals surface area contributed by atoms with E-state index in [-0.39, 0.29) is 6.54 Å². The molecule has 1 aromatic carbocycles. The van der Waals surface area contributed by atoms with E-state index in [2.05, 4.69) is 41.0 Å². The van der Waals surface area contributed by atoms with E-state index in [4.69, 9.17) is 5.11 Å². The first-order valence-electron chi connectivity index (χ1n) is 7.36. The van der Waals surface area contributed by atoms with Crippen LogP contribution in [0.2, 0.25) is 0 Å². The second-order valence-electron chi connectivity index (χ2n) is 5.48. The zero-order valence-corrected chi connectivity index (χ0v) is 12.3. The van der Waals surface area contributed by atoms with Crippen LogP contribution in [0.4, 0.5) is 0 Å². The monoisotopic (exact) mass is 276 g/mol. The van der Waals surface area contributed by atoms with E-state index in [1.807, 2.05) is 13.0 Å². The Hall–Kier alpha value is -1.39. The molecule has 4 heteroatoms. The number of rotatable bonds is 6. The number of likely N-dealkylation sites (N-methyl/N-ethyl adjacent to an activating group) is 1. The largest absolute Gasteiger partial charge is 0.480 e. The molecule has 1 fully saturated rings. The Kier molecular flexibility index (Phi) is 5.15. The fourth-order valence-corrected chi connectivity index (χ4v) is 3.03. The molecule has 1 saturated heterocycles. The minimum absolute atomic E-state index is 0.148. The van der Waals surface area contributed by atoms with Crippen LogP contribution in [0.5, 0.6) is 0 Å². The number of likely N-dealkylation sites (tertiary alicyclic amines) is 1. The molecule has 0 aromatic heterocycles. The average Bonchev–Trinajstić information content (AvgIpc) is 2.94. The second-order valence-corrected chi connectivity index (χ2v) is 5.48. The van der Waals surface area contributed by atoms with E-state index in [0.29, 0.717) is 12.1 Å². The zero-order chi connectivity index (χ0) is 14.5. The van der Waals surface area contributed by atoms with Crippen LogP contribution in [0.25, 0.3) is 0 Å². The molecule has 1 aromatic rings. The van der Waals surface area contributed by atoms with E-state index in [1.165, 1.54) is 5.56 Å². The number of aliphatic carboxylic acids is 1. The summed E-state index contributed by atoms with van der Waals surface area (Å²) in [7, 11) is 0. The lowest BCUT2D eigenvalue weighted by atomic mass is 10.1. The van der Waals surface area contributed by atoms with Gasteiger partial charge >= 0.3 is 5.97 Å². The van der Waals surface area contributed by atoms with Gasteiger partial charge in [0.05, 0.1) is 6.54 Å². The highest BCUT2D eigenvalue weighted by Crippen LogP contribution is 2.26. The summed E-state index contributed by atoms with van der Waals surface area (Å²) in [6.45, 7) is 7.20. The fourth-order valence-electron chi connectivity index (χ4n) is 3.03. The van der Waals surface area contributed by atoms with Gasteiger partial charge in [0.2, 0.25) is 0 Å². The number of hydrogen-bond donors (Lipinski definition) is 1. The van der Waals surface area contributed by atoms with Gasteiger partial charge in [-0.25, -0.2) is 0 Å². The van der Waals surface area contributed by atoms with E-state index in [0.717, 1.165) is 26.1 Å². The summed E-state index contributed by atoms with van der Waals surface area (Å²) < 4.78 is 0. The maximum Gasteiger partial charge on any atom is 0.317 e. The van der Waals surface area contributed by atoms with Gasteiger partial charge in [0.25, 0.3) is 0 Å². The predicted octanol–water partition coefficient (Wildman–Crippen LogP) is 2.23. The van der Waals surface area contributed by atoms with Crippen LogP contribution in [0.15, 0.2) is 30.3 Å². The third-order valence-electron chi connectivity index (χ3n) is 4.29. The van der Waals surface area contributed by atoms with Crippen molar-refractivity contribution in [3.05, 3.63) is 35.9 Å². The van der Waals surface area contributed by atoms with Gasteiger partial charge in [0.15, 0.2) is 0 Å². The maximum atomic E-state index is 10.9. The van der Waals surface area contributed by atoms with Crippen molar-refractivity contribution >= 4 is 5.97 Å². The van der Waals surface area contributed by atoms with Gasteiger partial charge in [0.1, 0.15) is 0 Å². The number of nitrogens with zero attached hydrogens (tertiary/aromatic N) is 2. The molecular weight excluding hydrogens is 252 g/mol. The normalized spacial score (nSPS) is 21.2. The number of carbonyl (C=O) groups is 1.